The number of carbonyl (C=O) groups excluding carboxylic acids is 2. The van der Waals surface area contributed by atoms with Gasteiger partial charge in [-0.05, 0) is 18.8 Å². The molecule has 2 aliphatic heterocycles. The summed E-state index contributed by atoms with van der Waals surface area (Å²) in [5, 5.41) is 2.72. The van der Waals surface area contributed by atoms with Crippen molar-refractivity contribution in [2.75, 3.05) is 39.8 Å². The number of nitrogens with zero attached hydrogens (tertiary/aromatic N) is 3. The molecular formula is C16H22N4O4. The Labute approximate surface area is 140 Å². The Morgan fingerprint density at radius 3 is 2.79 bits per heavy atom. The highest BCUT2D eigenvalue weighted by molar-refractivity contribution is 5.92. The number of oxazole rings is 1. The third kappa shape index (κ3) is 2.80. The predicted octanol–water partition coefficient (Wildman–Crippen LogP) is -0.274. The van der Waals surface area contributed by atoms with E-state index in [0.29, 0.717) is 37.9 Å². The number of hydrogen-bond acceptors (Lipinski definition) is 6. The fourth-order valence-electron chi connectivity index (χ4n) is 3.58. The van der Waals surface area contributed by atoms with Crippen LogP contribution in [0.3, 0.4) is 0 Å². The number of amides is 2. The summed E-state index contributed by atoms with van der Waals surface area (Å²) in [5.74, 6) is 0.556. The van der Waals surface area contributed by atoms with Crippen LogP contribution in [-0.2, 0) is 9.53 Å². The van der Waals surface area contributed by atoms with Crippen LogP contribution >= 0.6 is 0 Å². The molecule has 1 N–H and O–H groups in total. The summed E-state index contributed by atoms with van der Waals surface area (Å²) >= 11 is 0. The van der Waals surface area contributed by atoms with Crippen LogP contribution < -0.4 is 5.32 Å². The maximum atomic E-state index is 12.3. The van der Waals surface area contributed by atoms with Crippen molar-refractivity contribution in [3.8, 4) is 0 Å². The maximum absolute atomic E-state index is 12.3. The van der Waals surface area contributed by atoms with Crippen molar-refractivity contribution in [1.82, 2.24) is 20.1 Å². The van der Waals surface area contributed by atoms with Crippen LogP contribution in [0.15, 0.2) is 17.1 Å². The number of likely N-dealkylation sites (N-methyl/N-ethyl adjacent to an activating group) is 1. The van der Waals surface area contributed by atoms with Gasteiger partial charge in [-0.2, -0.15) is 0 Å². The van der Waals surface area contributed by atoms with Crippen molar-refractivity contribution in [2.45, 2.75) is 24.5 Å². The largest absolute Gasteiger partial charge is 0.451 e. The first-order valence-corrected chi connectivity index (χ1v) is 8.37. The van der Waals surface area contributed by atoms with Gasteiger partial charge in [-0.15, -0.1) is 0 Å². The van der Waals surface area contributed by atoms with Gasteiger partial charge >= 0.3 is 0 Å². The Morgan fingerprint density at radius 2 is 2.17 bits per heavy atom. The molecular weight excluding hydrogens is 312 g/mol. The number of likely N-dealkylation sites (tertiary alicyclic amines) is 1. The van der Waals surface area contributed by atoms with Crippen LogP contribution in [-0.4, -0.2) is 78.1 Å². The minimum Gasteiger partial charge on any atom is -0.451 e. The van der Waals surface area contributed by atoms with Gasteiger partial charge in [0.05, 0.1) is 19.7 Å². The monoisotopic (exact) mass is 334 g/mol. The minimum atomic E-state index is -0.362. The zero-order valence-electron chi connectivity index (χ0n) is 13.7. The summed E-state index contributed by atoms with van der Waals surface area (Å²) in [6, 6.07) is -0.235. The van der Waals surface area contributed by atoms with E-state index in [1.807, 2.05) is 0 Å². The van der Waals surface area contributed by atoms with Crippen molar-refractivity contribution in [1.29, 1.82) is 0 Å². The summed E-state index contributed by atoms with van der Waals surface area (Å²) < 4.78 is 10.9. The number of aromatic nitrogens is 1. The lowest BCUT2D eigenvalue weighted by atomic mass is 9.90. The zero-order chi connectivity index (χ0) is 16.7. The molecule has 1 aliphatic carbocycles. The van der Waals surface area contributed by atoms with Gasteiger partial charge in [-0.25, -0.2) is 4.98 Å². The Bertz CT molecular complexity index is 622. The van der Waals surface area contributed by atoms with E-state index in [1.54, 1.807) is 11.9 Å². The molecule has 0 radical (unpaired) electrons. The highest BCUT2D eigenvalue weighted by Crippen LogP contribution is 2.36. The third-order valence-corrected chi connectivity index (χ3v) is 5.11. The second kappa shape index (κ2) is 5.86. The number of ether oxygens (including phenoxy) is 1. The first-order chi connectivity index (χ1) is 11.6. The lowest BCUT2D eigenvalue weighted by molar-refractivity contribution is -0.191. The van der Waals surface area contributed by atoms with E-state index in [4.69, 9.17) is 9.15 Å². The summed E-state index contributed by atoms with van der Waals surface area (Å²) in [4.78, 5) is 32.2. The van der Waals surface area contributed by atoms with Gasteiger partial charge in [0.25, 0.3) is 5.91 Å². The zero-order valence-corrected chi connectivity index (χ0v) is 13.7. The first-order valence-electron chi connectivity index (χ1n) is 8.37. The molecule has 2 saturated heterocycles. The van der Waals surface area contributed by atoms with Crippen LogP contribution in [0, 0.1) is 5.92 Å². The van der Waals surface area contributed by atoms with Crippen LogP contribution in [0.4, 0.5) is 0 Å². The van der Waals surface area contributed by atoms with E-state index >= 15 is 0 Å². The SMILES string of the molecule is CNC(=O)[C@@H]1COC2(CN(C(=O)c3cocn3)C2)CN1CC1CC1. The molecule has 130 valence electrons. The summed E-state index contributed by atoms with van der Waals surface area (Å²) in [6.07, 6.45) is 5.09. The van der Waals surface area contributed by atoms with Gasteiger partial charge in [-0.3, -0.25) is 14.5 Å². The lowest BCUT2D eigenvalue weighted by Gasteiger charge is -2.55. The molecule has 3 aliphatic rings. The molecule has 4 rings (SSSR count). The summed E-state index contributed by atoms with van der Waals surface area (Å²) in [5.41, 5.74) is -0.0440. The molecule has 2 amide bonds. The van der Waals surface area contributed by atoms with E-state index in [-0.39, 0.29) is 23.5 Å². The van der Waals surface area contributed by atoms with Gasteiger partial charge in [0.1, 0.15) is 17.9 Å². The fraction of sp³-hybridized carbons (Fsp3) is 0.688. The average molecular weight is 334 g/mol. The molecule has 1 aromatic heterocycles. The average Bonchev–Trinajstić information content (AvgIpc) is 3.20. The van der Waals surface area contributed by atoms with Crippen LogP contribution in [0.5, 0.6) is 0 Å². The van der Waals surface area contributed by atoms with Crippen molar-refractivity contribution in [3.63, 3.8) is 0 Å². The number of nitrogens with one attached hydrogen (secondary N) is 1. The van der Waals surface area contributed by atoms with Gasteiger partial charge in [0.2, 0.25) is 5.91 Å². The molecule has 1 aromatic rings. The Morgan fingerprint density at radius 1 is 1.38 bits per heavy atom. The van der Waals surface area contributed by atoms with Crippen molar-refractivity contribution in [2.24, 2.45) is 5.92 Å². The minimum absolute atomic E-state index is 0.000327. The van der Waals surface area contributed by atoms with Crippen molar-refractivity contribution < 1.29 is 18.7 Å². The third-order valence-electron chi connectivity index (χ3n) is 5.11. The van der Waals surface area contributed by atoms with E-state index < -0.39 is 0 Å². The van der Waals surface area contributed by atoms with Gasteiger partial charge < -0.3 is 19.4 Å². The second-order valence-electron chi connectivity index (χ2n) is 7.03. The van der Waals surface area contributed by atoms with E-state index in [9.17, 15) is 9.59 Å². The summed E-state index contributed by atoms with van der Waals surface area (Å²) in [6.45, 7) is 3.05. The maximum Gasteiger partial charge on any atom is 0.276 e. The number of rotatable bonds is 4. The number of carbonyl (C=O) groups is 2. The predicted molar refractivity (Wildman–Crippen MR) is 83.2 cm³/mol. The number of hydrogen-bond donors (Lipinski definition) is 1. The Kier molecular flexibility index (Phi) is 3.80. The molecule has 1 atom stereocenters. The molecule has 1 saturated carbocycles. The quantitative estimate of drug-likeness (QED) is 0.815. The molecule has 8 heteroatoms. The van der Waals surface area contributed by atoms with E-state index in [2.05, 4.69) is 15.2 Å². The van der Waals surface area contributed by atoms with Crippen molar-refractivity contribution >= 4 is 11.8 Å². The molecule has 0 bridgehead atoms. The van der Waals surface area contributed by atoms with Crippen LogP contribution in [0.1, 0.15) is 23.3 Å². The lowest BCUT2D eigenvalue weighted by Crippen LogP contribution is -2.73. The van der Waals surface area contributed by atoms with Crippen molar-refractivity contribution in [3.05, 3.63) is 18.4 Å². The Hall–Kier alpha value is -1.93. The van der Waals surface area contributed by atoms with Gasteiger partial charge in [-0.1, -0.05) is 0 Å². The molecule has 8 nitrogen and oxygen atoms in total. The molecule has 0 unspecified atom stereocenters. The van der Waals surface area contributed by atoms with Crippen LogP contribution in [0.2, 0.25) is 0 Å². The standard InChI is InChI=1S/C16H22N4O4/c1-17-14(21)13-6-24-16(7-19(13)4-11-2-3-11)8-20(9-16)15(22)12-5-23-10-18-12/h5,10-11,13H,2-4,6-9H2,1H3,(H,17,21)/t13-/m0/s1. The van der Waals surface area contributed by atoms with Gasteiger partial charge in [0.15, 0.2) is 12.1 Å². The Balaban J connectivity index is 1.40. The van der Waals surface area contributed by atoms with E-state index in [0.717, 1.165) is 6.54 Å². The topological polar surface area (TPSA) is 87.9 Å². The van der Waals surface area contributed by atoms with E-state index in [1.165, 1.54) is 25.5 Å². The second-order valence-corrected chi connectivity index (χ2v) is 7.03. The molecule has 3 fully saturated rings. The normalized spacial score (nSPS) is 26.2. The smallest absolute Gasteiger partial charge is 0.276 e. The van der Waals surface area contributed by atoms with Gasteiger partial charge in [0, 0.05) is 20.1 Å². The molecule has 0 aromatic carbocycles. The highest BCUT2D eigenvalue weighted by atomic mass is 16.5. The molecule has 24 heavy (non-hydrogen) atoms. The first kappa shape index (κ1) is 15.6. The molecule has 3 heterocycles. The fourth-order valence-corrected chi connectivity index (χ4v) is 3.58. The molecule has 1 spiro atoms. The van der Waals surface area contributed by atoms with Crippen LogP contribution in [0.25, 0.3) is 0 Å². The summed E-state index contributed by atoms with van der Waals surface area (Å²) in [7, 11) is 1.66. The highest BCUT2D eigenvalue weighted by Gasteiger charge is 2.52. The number of morpholine rings is 1.